The van der Waals surface area contributed by atoms with Crippen LogP contribution in [-0.4, -0.2) is 42.3 Å². The number of rotatable bonds is 6. The molecule has 2 rings (SSSR count). The van der Waals surface area contributed by atoms with Crippen LogP contribution in [0.5, 0.6) is 0 Å². The minimum atomic E-state index is -0.745. The summed E-state index contributed by atoms with van der Waals surface area (Å²) >= 11 is 6.00. The van der Waals surface area contributed by atoms with Crippen LogP contribution in [-0.2, 0) is 14.3 Å². The summed E-state index contributed by atoms with van der Waals surface area (Å²) in [4.78, 5) is 24.0. The maximum Gasteiger partial charge on any atom is 0.313 e. The van der Waals surface area contributed by atoms with E-state index in [0.717, 1.165) is 31.2 Å². The smallest absolute Gasteiger partial charge is 0.313 e. The van der Waals surface area contributed by atoms with Gasteiger partial charge in [-0.15, -0.1) is 0 Å². The number of aliphatic hydroxyl groups excluding tert-OH is 1. The molecule has 0 bridgehead atoms. The van der Waals surface area contributed by atoms with Crippen molar-refractivity contribution in [3.8, 4) is 0 Å². The Kier molecular flexibility index (Phi) is 6.60. The van der Waals surface area contributed by atoms with Crippen LogP contribution >= 0.6 is 11.6 Å². The number of nitrogens with one attached hydrogen (secondary N) is 2. The summed E-state index contributed by atoms with van der Waals surface area (Å²) in [5.41, 5.74) is 0.882. The zero-order valence-corrected chi connectivity index (χ0v) is 14.5. The van der Waals surface area contributed by atoms with Crippen LogP contribution in [0.3, 0.4) is 0 Å². The lowest BCUT2D eigenvalue weighted by Gasteiger charge is -2.29. The molecule has 0 unspecified atom stereocenters. The molecule has 3 N–H and O–H groups in total. The third-order valence-electron chi connectivity index (χ3n) is 4.22. The van der Waals surface area contributed by atoms with E-state index in [1.807, 2.05) is 6.92 Å². The van der Waals surface area contributed by atoms with Gasteiger partial charge in [0.05, 0.1) is 18.8 Å². The van der Waals surface area contributed by atoms with Crippen molar-refractivity contribution < 1.29 is 19.4 Å². The number of aliphatic hydroxyl groups is 1. The molecule has 132 valence electrons. The highest BCUT2D eigenvalue weighted by atomic mass is 35.5. The van der Waals surface area contributed by atoms with Gasteiger partial charge >= 0.3 is 11.8 Å². The molecule has 0 aromatic heterocycles. The van der Waals surface area contributed by atoms with Crippen LogP contribution in [0.4, 0.5) is 5.69 Å². The zero-order valence-electron chi connectivity index (χ0n) is 13.7. The van der Waals surface area contributed by atoms with E-state index in [4.69, 9.17) is 21.4 Å². The molecule has 0 saturated heterocycles. The molecule has 1 aromatic rings. The Morgan fingerprint density at radius 3 is 2.62 bits per heavy atom. The van der Waals surface area contributed by atoms with Crippen molar-refractivity contribution in [2.45, 2.75) is 38.2 Å². The van der Waals surface area contributed by atoms with Crippen LogP contribution < -0.4 is 10.6 Å². The molecule has 1 aliphatic carbocycles. The van der Waals surface area contributed by atoms with Crippen LogP contribution in [0.1, 0.15) is 31.2 Å². The second-order valence-corrected chi connectivity index (χ2v) is 6.47. The molecule has 1 fully saturated rings. The third-order valence-corrected chi connectivity index (χ3v) is 4.63. The molecule has 0 atom stereocenters. The van der Waals surface area contributed by atoms with E-state index in [1.54, 1.807) is 18.2 Å². The van der Waals surface area contributed by atoms with Gasteiger partial charge in [-0.2, -0.15) is 0 Å². The zero-order chi connectivity index (χ0) is 17.6. The lowest BCUT2D eigenvalue weighted by molar-refractivity contribution is -0.137. The second kappa shape index (κ2) is 8.46. The summed E-state index contributed by atoms with van der Waals surface area (Å²) in [5.74, 6) is -1.46. The van der Waals surface area contributed by atoms with Gasteiger partial charge in [-0.3, -0.25) is 9.59 Å². The van der Waals surface area contributed by atoms with Gasteiger partial charge in [-0.05, 0) is 37.5 Å². The van der Waals surface area contributed by atoms with Crippen molar-refractivity contribution in [2.24, 2.45) is 0 Å². The number of ether oxygens (including phenoxy) is 1. The predicted molar refractivity (Wildman–Crippen MR) is 92.1 cm³/mol. The molecule has 0 spiro atoms. The molecule has 0 aliphatic heterocycles. The number of hydrogen-bond donors (Lipinski definition) is 3. The van der Waals surface area contributed by atoms with E-state index in [-0.39, 0.29) is 19.8 Å². The number of halogens is 1. The third kappa shape index (κ3) is 4.93. The fourth-order valence-corrected chi connectivity index (χ4v) is 3.01. The first-order chi connectivity index (χ1) is 11.5. The van der Waals surface area contributed by atoms with Crippen molar-refractivity contribution in [2.75, 3.05) is 25.1 Å². The molecule has 0 radical (unpaired) electrons. The second-order valence-electron chi connectivity index (χ2n) is 6.06. The molecular formula is C17H23ClN2O4. The van der Waals surface area contributed by atoms with E-state index < -0.39 is 17.4 Å². The highest BCUT2D eigenvalue weighted by Gasteiger charge is 2.35. The SMILES string of the molecule is Cc1ccc(NC(=O)C(=O)NCC2(OCCO)CCCC2)cc1Cl. The Bertz CT molecular complexity index is 600. The average Bonchev–Trinajstić information content (AvgIpc) is 3.03. The van der Waals surface area contributed by atoms with E-state index in [9.17, 15) is 9.59 Å². The maximum atomic E-state index is 12.0. The summed E-state index contributed by atoms with van der Waals surface area (Å²) in [6, 6.07) is 5.06. The number of anilines is 1. The summed E-state index contributed by atoms with van der Waals surface area (Å²) in [6.45, 7) is 2.27. The van der Waals surface area contributed by atoms with Gasteiger partial charge in [-0.25, -0.2) is 0 Å². The molecule has 1 aliphatic rings. The highest BCUT2D eigenvalue weighted by Crippen LogP contribution is 2.32. The Morgan fingerprint density at radius 1 is 1.29 bits per heavy atom. The number of hydrogen-bond acceptors (Lipinski definition) is 4. The predicted octanol–water partition coefficient (Wildman–Crippen LogP) is 2.02. The van der Waals surface area contributed by atoms with Gasteiger partial charge in [0.1, 0.15) is 0 Å². The summed E-state index contributed by atoms with van der Waals surface area (Å²) in [5, 5.41) is 14.6. The van der Waals surface area contributed by atoms with Crippen molar-refractivity contribution in [1.29, 1.82) is 0 Å². The van der Waals surface area contributed by atoms with Crippen molar-refractivity contribution in [3.63, 3.8) is 0 Å². The lowest BCUT2D eigenvalue weighted by Crippen LogP contribution is -2.46. The van der Waals surface area contributed by atoms with E-state index >= 15 is 0 Å². The molecule has 24 heavy (non-hydrogen) atoms. The minimum absolute atomic E-state index is 0.0651. The first kappa shape index (κ1) is 18.7. The van der Waals surface area contributed by atoms with Crippen LogP contribution in [0.2, 0.25) is 5.02 Å². The molecule has 0 heterocycles. The van der Waals surface area contributed by atoms with Crippen molar-refractivity contribution in [1.82, 2.24) is 5.32 Å². The lowest BCUT2D eigenvalue weighted by atomic mass is 10.0. The number of benzene rings is 1. The largest absolute Gasteiger partial charge is 0.394 e. The van der Waals surface area contributed by atoms with Crippen molar-refractivity contribution >= 4 is 29.1 Å². The number of carbonyl (C=O) groups excluding carboxylic acids is 2. The molecule has 7 heteroatoms. The number of carbonyl (C=O) groups is 2. The maximum absolute atomic E-state index is 12.0. The van der Waals surface area contributed by atoms with Gasteiger partial charge in [-0.1, -0.05) is 30.5 Å². The highest BCUT2D eigenvalue weighted by molar-refractivity contribution is 6.39. The number of aryl methyl sites for hydroxylation is 1. The van der Waals surface area contributed by atoms with E-state index in [0.29, 0.717) is 10.7 Å². The van der Waals surface area contributed by atoms with Gasteiger partial charge < -0.3 is 20.5 Å². The summed E-state index contributed by atoms with van der Waals surface area (Å²) < 4.78 is 5.70. The minimum Gasteiger partial charge on any atom is -0.394 e. The Balaban J connectivity index is 1.88. The molecule has 6 nitrogen and oxygen atoms in total. The van der Waals surface area contributed by atoms with Gasteiger partial charge in [0, 0.05) is 17.3 Å². The monoisotopic (exact) mass is 354 g/mol. The van der Waals surface area contributed by atoms with Crippen LogP contribution in [0, 0.1) is 6.92 Å². The molecule has 2 amide bonds. The van der Waals surface area contributed by atoms with Crippen molar-refractivity contribution in [3.05, 3.63) is 28.8 Å². The standard InChI is InChI=1S/C17H23ClN2O4/c1-12-4-5-13(10-14(12)18)20-16(23)15(22)19-11-17(24-9-8-21)6-2-3-7-17/h4-5,10,21H,2-3,6-9,11H2,1H3,(H,19,22)(H,20,23). The Labute approximate surface area is 146 Å². The Hall–Kier alpha value is -1.63. The number of amides is 2. The Morgan fingerprint density at radius 2 is 2.00 bits per heavy atom. The van der Waals surface area contributed by atoms with Gasteiger partial charge in [0.15, 0.2) is 0 Å². The summed E-state index contributed by atoms with van der Waals surface area (Å²) in [7, 11) is 0. The first-order valence-corrected chi connectivity index (χ1v) is 8.44. The molecular weight excluding hydrogens is 332 g/mol. The first-order valence-electron chi connectivity index (χ1n) is 8.06. The summed E-state index contributed by atoms with van der Waals surface area (Å²) in [6.07, 6.45) is 3.63. The quantitative estimate of drug-likeness (QED) is 0.682. The van der Waals surface area contributed by atoms with Crippen LogP contribution in [0.15, 0.2) is 18.2 Å². The average molecular weight is 355 g/mol. The van der Waals surface area contributed by atoms with E-state index in [1.165, 1.54) is 0 Å². The topological polar surface area (TPSA) is 87.7 Å². The normalized spacial score (nSPS) is 16.0. The van der Waals surface area contributed by atoms with Crippen LogP contribution in [0.25, 0.3) is 0 Å². The fraction of sp³-hybridized carbons (Fsp3) is 0.529. The van der Waals surface area contributed by atoms with Gasteiger partial charge in [0.2, 0.25) is 0 Å². The fourth-order valence-electron chi connectivity index (χ4n) is 2.83. The molecule has 1 aromatic carbocycles. The van der Waals surface area contributed by atoms with E-state index in [2.05, 4.69) is 10.6 Å². The molecule has 1 saturated carbocycles. The van der Waals surface area contributed by atoms with Gasteiger partial charge in [0.25, 0.3) is 0 Å².